The number of aromatic amines is 1. The van der Waals surface area contributed by atoms with E-state index >= 15 is 0 Å². The molecule has 0 unspecified atom stereocenters. The van der Waals surface area contributed by atoms with Crippen molar-refractivity contribution in [3.05, 3.63) is 60.2 Å². The van der Waals surface area contributed by atoms with Gasteiger partial charge in [-0.25, -0.2) is 0 Å². The average Bonchev–Trinajstić information content (AvgIpc) is 2.89. The van der Waals surface area contributed by atoms with Gasteiger partial charge >= 0.3 is 0 Å². The molecular formula is C17H16N4O. The summed E-state index contributed by atoms with van der Waals surface area (Å²) in [6.45, 7) is 0. The van der Waals surface area contributed by atoms with Gasteiger partial charge in [0.15, 0.2) is 5.82 Å². The van der Waals surface area contributed by atoms with E-state index in [1.54, 1.807) is 0 Å². The third-order valence-corrected chi connectivity index (χ3v) is 3.46. The summed E-state index contributed by atoms with van der Waals surface area (Å²) in [4.78, 5) is 14.8. The Hall–Kier alpha value is -2.95. The van der Waals surface area contributed by atoms with Crippen molar-refractivity contribution in [3.63, 3.8) is 0 Å². The highest BCUT2D eigenvalue weighted by atomic mass is 16.1. The van der Waals surface area contributed by atoms with E-state index in [9.17, 15) is 4.79 Å². The standard InChI is InChI=1S/C17H16N4O/c18-16-13-8-4-5-9-14(13)17(19-16)21-20-15(22)11-10-12-6-2-1-3-7-12/h1-9,19H,10-11,18H2. The van der Waals surface area contributed by atoms with Crippen molar-refractivity contribution in [2.45, 2.75) is 12.8 Å². The van der Waals surface area contributed by atoms with Gasteiger partial charge in [-0.1, -0.05) is 54.6 Å². The predicted octanol–water partition coefficient (Wildman–Crippen LogP) is 3.99. The van der Waals surface area contributed by atoms with Gasteiger partial charge in [0.2, 0.25) is 0 Å². The molecule has 0 fully saturated rings. The number of carbonyl (C=O) groups excluding carboxylic acids is 1. The third-order valence-electron chi connectivity index (χ3n) is 3.46. The number of hydrogen-bond donors (Lipinski definition) is 2. The third kappa shape index (κ3) is 3.03. The molecule has 1 heterocycles. The van der Waals surface area contributed by atoms with Crippen LogP contribution in [0.5, 0.6) is 0 Å². The number of nitrogens with one attached hydrogen (secondary N) is 1. The molecule has 5 nitrogen and oxygen atoms in total. The van der Waals surface area contributed by atoms with Gasteiger partial charge in [0.1, 0.15) is 5.82 Å². The van der Waals surface area contributed by atoms with Crippen LogP contribution in [0.3, 0.4) is 0 Å². The quantitative estimate of drug-likeness (QED) is 0.712. The number of H-pyrrole nitrogens is 1. The normalized spacial score (nSPS) is 11.3. The lowest BCUT2D eigenvalue weighted by Crippen LogP contribution is -1.95. The topological polar surface area (TPSA) is 83.6 Å². The first kappa shape index (κ1) is 14.0. The number of amides is 1. The zero-order chi connectivity index (χ0) is 15.4. The van der Waals surface area contributed by atoms with Gasteiger partial charge in [-0.15, -0.1) is 10.2 Å². The molecule has 3 rings (SSSR count). The highest BCUT2D eigenvalue weighted by Gasteiger charge is 2.07. The number of rotatable bonds is 4. The maximum Gasteiger partial charge on any atom is 0.265 e. The first-order chi connectivity index (χ1) is 10.7. The Morgan fingerprint density at radius 1 is 1.00 bits per heavy atom. The van der Waals surface area contributed by atoms with Gasteiger partial charge in [-0.05, 0) is 12.0 Å². The lowest BCUT2D eigenvalue weighted by Gasteiger charge is -1.96. The van der Waals surface area contributed by atoms with Crippen LogP contribution < -0.4 is 5.73 Å². The van der Waals surface area contributed by atoms with Crippen LogP contribution >= 0.6 is 0 Å². The lowest BCUT2D eigenvalue weighted by atomic mass is 10.1. The Morgan fingerprint density at radius 3 is 2.45 bits per heavy atom. The Labute approximate surface area is 127 Å². The molecule has 110 valence electrons. The molecule has 0 aliphatic carbocycles. The highest BCUT2D eigenvalue weighted by Crippen LogP contribution is 2.30. The fraction of sp³-hybridized carbons (Fsp3) is 0.118. The van der Waals surface area contributed by atoms with Crippen molar-refractivity contribution in [2.75, 3.05) is 5.73 Å². The number of nitrogens with two attached hydrogens (primary N) is 1. The molecule has 3 aromatic rings. The molecule has 2 aromatic carbocycles. The van der Waals surface area contributed by atoms with Crippen molar-refractivity contribution in [3.8, 4) is 0 Å². The molecule has 0 bridgehead atoms. The molecule has 0 spiro atoms. The van der Waals surface area contributed by atoms with Crippen LogP contribution in [0.25, 0.3) is 10.8 Å². The molecule has 1 aromatic heterocycles. The number of nitrogen functional groups attached to an aromatic ring is 1. The predicted molar refractivity (Wildman–Crippen MR) is 87.0 cm³/mol. The maximum absolute atomic E-state index is 11.8. The van der Waals surface area contributed by atoms with Crippen LogP contribution in [-0.4, -0.2) is 10.9 Å². The monoisotopic (exact) mass is 292 g/mol. The lowest BCUT2D eigenvalue weighted by molar-refractivity contribution is -0.118. The molecule has 0 atom stereocenters. The zero-order valence-corrected chi connectivity index (χ0v) is 12.0. The van der Waals surface area contributed by atoms with E-state index in [0.717, 1.165) is 16.3 Å². The Morgan fingerprint density at radius 2 is 1.68 bits per heavy atom. The van der Waals surface area contributed by atoms with E-state index in [2.05, 4.69) is 15.2 Å². The number of carbonyl (C=O) groups is 1. The summed E-state index contributed by atoms with van der Waals surface area (Å²) in [6.07, 6.45) is 0.994. The zero-order valence-electron chi connectivity index (χ0n) is 12.0. The number of anilines is 1. The highest BCUT2D eigenvalue weighted by molar-refractivity contribution is 5.99. The van der Waals surface area contributed by atoms with Crippen molar-refractivity contribution in [2.24, 2.45) is 10.2 Å². The Bertz CT molecular complexity index is 821. The van der Waals surface area contributed by atoms with Gasteiger partial charge in [0.05, 0.1) is 0 Å². The van der Waals surface area contributed by atoms with Gasteiger partial charge in [0.25, 0.3) is 5.91 Å². The van der Waals surface area contributed by atoms with E-state index in [4.69, 9.17) is 5.73 Å². The van der Waals surface area contributed by atoms with Crippen LogP contribution in [-0.2, 0) is 11.2 Å². The molecule has 5 heteroatoms. The van der Waals surface area contributed by atoms with Gasteiger partial charge < -0.3 is 10.7 Å². The van der Waals surface area contributed by atoms with E-state index in [1.807, 2.05) is 54.6 Å². The summed E-state index contributed by atoms with van der Waals surface area (Å²) in [6, 6.07) is 17.4. The summed E-state index contributed by atoms with van der Waals surface area (Å²) >= 11 is 0. The molecule has 22 heavy (non-hydrogen) atoms. The fourth-order valence-corrected chi connectivity index (χ4v) is 2.32. The van der Waals surface area contributed by atoms with Crippen LogP contribution in [0.4, 0.5) is 11.6 Å². The van der Waals surface area contributed by atoms with Crippen LogP contribution in [0.15, 0.2) is 64.8 Å². The van der Waals surface area contributed by atoms with E-state index < -0.39 is 0 Å². The summed E-state index contributed by atoms with van der Waals surface area (Å²) in [5.74, 6) is 0.795. The summed E-state index contributed by atoms with van der Waals surface area (Å²) in [7, 11) is 0. The summed E-state index contributed by atoms with van der Waals surface area (Å²) in [5, 5.41) is 9.52. The molecule has 0 saturated heterocycles. The number of azo groups is 1. The minimum atomic E-state index is -0.249. The number of fused-ring (bicyclic) bond motifs is 1. The fourth-order valence-electron chi connectivity index (χ4n) is 2.32. The Balaban J connectivity index is 1.69. The van der Waals surface area contributed by atoms with E-state index in [0.29, 0.717) is 24.5 Å². The number of hydrogen-bond acceptors (Lipinski definition) is 3. The number of benzene rings is 2. The van der Waals surface area contributed by atoms with Crippen molar-refractivity contribution in [1.82, 2.24) is 4.98 Å². The van der Waals surface area contributed by atoms with Gasteiger partial charge in [-0.3, -0.25) is 4.79 Å². The molecular weight excluding hydrogens is 276 g/mol. The molecule has 0 saturated carbocycles. The second-order valence-electron chi connectivity index (χ2n) is 5.01. The SMILES string of the molecule is Nc1[nH]c(N=NC(=O)CCc2ccccc2)c2ccccc12. The smallest absolute Gasteiger partial charge is 0.265 e. The van der Waals surface area contributed by atoms with Gasteiger partial charge in [-0.2, -0.15) is 0 Å². The van der Waals surface area contributed by atoms with Crippen molar-refractivity contribution < 1.29 is 4.79 Å². The minimum absolute atomic E-state index is 0.249. The molecule has 0 aliphatic heterocycles. The van der Waals surface area contributed by atoms with Crippen LogP contribution in [0.1, 0.15) is 12.0 Å². The van der Waals surface area contributed by atoms with Crippen LogP contribution in [0, 0.1) is 0 Å². The Kier molecular flexibility index (Phi) is 3.96. The second kappa shape index (κ2) is 6.22. The largest absolute Gasteiger partial charge is 0.385 e. The maximum atomic E-state index is 11.8. The minimum Gasteiger partial charge on any atom is -0.385 e. The summed E-state index contributed by atoms with van der Waals surface area (Å²) < 4.78 is 0. The molecule has 1 amide bonds. The number of aromatic nitrogens is 1. The number of nitrogens with zero attached hydrogens (tertiary/aromatic N) is 2. The first-order valence-corrected chi connectivity index (χ1v) is 7.09. The van der Waals surface area contributed by atoms with E-state index in [-0.39, 0.29) is 5.91 Å². The molecule has 0 aliphatic rings. The average molecular weight is 292 g/mol. The second-order valence-corrected chi connectivity index (χ2v) is 5.01. The van der Waals surface area contributed by atoms with E-state index in [1.165, 1.54) is 0 Å². The first-order valence-electron chi connectivity index (χ1n) is 7.09. The molecule has 3 N–H and O–H groups in total. The van der Waals surface area contributed by atoms with Gasteiger partial charge in [0, 0.05) is 17.2 Å². The summed E-state index contributed by atoms with van der Waals surface area (Å²) in [5.41, 5.74) is 6.99. The van der Waals surface area contributed by atoms with Crippen molar-refractivity contribution in [1.29, 1.82) is 0 Å². The van der Waals surface area contributed by atoms with Crippen LogP contribution in [0.2, 0.25) is 0 Å². The molecule has 0 radical (unpaired) electrons. The van der Waals surface area contributed by atoms with Crippen molar-refractivity contribution >= 4 is 28.3 Å². The number of aryl methyl sites for hydroxylation is 1.